The highest BCUT2D eigenvalue weighted by atomic mass is 35.5. The molecule has 27 heavy (non-hydrogen) atoms. The quantitative estimate of drug-likeness (QED) is 0.535. The Labute approximate surface area is 162 Å². The van der Waals surface area contributed by atoms with E-state index in [2.05, 4.69) is 15.4 Å². The van der Waals surface area contributed by atoms with Gasteiger partial charge < -0.3 is 10.3 Å². The Morgan fingerprint density at radius 1 is 1.15 bits per heavy atom. The molecule has 0 aliphatic carbocycles. The number of hydrogen-bond acceptors (Lipinski definition) is 2. The molecular weight excluding hydrogens is 360 g/mol. The van der Waals surface area contributed by atoms with Gasteiger partial charge in [0.1, 0.15) is 0 Å². The second-order valence-corrected chi connectivity index (χ2v) is 6.94. The van der Waals surface area contributed by atoms with E-state index in [1.54, 1.807) is 0 Å². The van der Waals surface area contributed by atoms with Gasteiger partial charge in [0.15, 0.2) is 0 Å². The van der Waals surface area contributed by atoms with Crippen LogP contribution in [0.15, 0.2) is 54.7 Å². The van der Waals surface area contributed by atoms with Crippen LogP contribution in [0.3, 0.4) is 0 Å². The predicted octanol–water partition coefficient (Wildman–Crippen LogP) is 4.81. The average molecular weight is 379 g/mol. The molecule has 0 spiro atoms. The zero-order valence-electron chi connectivity index (χ0n) is 15.1. The Hall–Kier alpha value is -3.05. The van der Waals surface area contributed by atoms with Crippen molar-refractivity contribution in [2.75, 3.05) is 5.32 Å². The van der Waals surface area contributed by atoms with E-state index >= 15 is 0 Å². The van der Waals surface area contributed by atoms with Gasteiger partial charge in [-0.1, -0.05) is 17.7 Å². The zero-order valence-corrected chi connectivity index (χ0v) is 15.8. The number of hydrogen-bond donors (Lipinski definition) is 2. The Balaban J connectivity index is 1.58. The van der Waals surface area contributed by atoms with Gasteiger partial charge in [-0.05, 0) is 56.3 Å². The summed E-state index contributed by atoms with van der Waals surface area (Å²) in [5, 5.41) is 9.29. The van der Waals surface area contributed by atoms with Crippen LogP contribution < -0.4 is 5.32 Å². The van der Waals surface area contributed by atoms with Crippen molar-refractivity contribution in [2.45, 2.75) is 20.3 Å². The Bertz CT molecular complexity index is 1130. The second kappa shape index (κ2) is 6.93. The first-order valence-electron chi connectivity index (χ1n) is 8.70. The maximum atomic E-state index is 12.7. The molecule has 0 radical (unpaired) electrons. The van der Waals surface area contributed by atoms with Crippen LogP contribution in [0.2, 0.25) is 5.02 Å². The van der Waals surface area contributed by atoms with Crippen LogP contribution in [0.1, 0.15) is 17.0 Å². The number of carbonyl (C=O) groups is 1. The molecule has 0 fully saturated rings. The summed E-state index contributed by atoms with van der Waals surface area (Å²) in [6.45, 7) is 3.90. The molecule has 2 heterocycles. The third kappa shape index (κ3) is 3.34. The van der Waals surface area contributed by atoms with Crippen molar-refractivity contribution in [3.8, 4) is 5.69 Å². The third-order valence-corrected chi connectivity index (χ3v) is 4.97. The number of halogens is 1. The highest BCUT2D eigenvalue weighted by molar-refractivity contribution is 6.30. The van der Waals surface area contributed by atoms with Crippen LogP contribution in [0.25, 0.3) is 16.6 Å². The summed E-state index contributed by atoms with van der Waals surface area (Å²) in [7, 11) is 0. The molecule has 6 heteroatoms. The van der Waals surface area contributed by atoms with Crippen molar-refractivity contribution in [1.29, 1.82) is 0 Å². The molecule has 0 saturated heterocycles. The molecule has 2 aromatic carbocycles. The maximum Gasteiger partial charge on any atom is 0.228 e. The van der Waals surface area contributed by atoms with Crippen LogP contribution in [0.5, 0.6) is 0 Å². The number of carbonyl (C=O) groups excluding carboxylic acids is 1. The average Bonchev–Trinajstić information content (AvgIpc) is 3.23. The number of anilines is 1. The fourth-order valence-electron chi connectivity index (χ4n) is 3.31. The topological polar surface area (TPSA) is 62.7 Å². The molecule has 0 aliphatic rings. The fourth-order valence-corrected chi connectivity index (χ4v) is 3.44. The Kier molecular flexibility index (Phi) is 4.46. The molecule has 0 bridgehead atoms. The lowest BCUT2D eigenvalue weighted by molar-refractivity contribution is -0.115. The summed E-state index contributed by atoms with van der Waals surface area (Å²) >= 11 is 5.97. The number of rotatable bonds is 4. The van der Waals surface area contributed by atoms with Crippen LogP contribution >= 0.6 is 11.6 Å². The van der Waals surface area contributed by atoms with E-state index in [1.807, 2.05) is 73.3 Å². The molecule has 4 aromatic rings. The summed E-state index contributed by atoms with van der Waals surface area (Å²) in [4.78, 5) is 15.8. The molecule has 2 N–H and O–H groups in total. The van der Waals surface area contributed by atoms with Gasteiger partial charge in [0.25, 0.3) is 0 Å². The summed E-state index contributed by atoms with van der Waals surface area (Å²) in [6, 6.07) is 15.3. The van der Waals surface area contributed by atoms with Gasteiger partial charge in [-0.2, -0.15) is 5.10 Å². The number of nitrogens with zero attached hydrogens (tertiary/aromatic N) is 2. The van der Waals surface area contributed by atoms with Gasteiger partial charge in [0, 0.05) is 33.4 Å². The number of aryl methyl sites for hydroxylation is 1. The minimum Gasteiger partial charge on any atom is -0.361 e. The normalized spacial score (nSPS) is 11.1. The minimum absolute atomic E-state index is 0.0643. The molecular formula is C21H19ClN4O. The molecule has 136 valence electrons. The van der Waals surface area contributed by atoms with Crippen molar-refractivity contribution in [2.24, 2.45) is 0 Å². The number of benzene rings is 2. The number of nitrogens with one attached hydrogen (secondary N) is 2. The van der Waals surface area contributed by atoms with Crippen LogP contribution in [0.4, 0.5) is 5.69 Å². The number of amides is 1. The second-order valence-electron chi connectivity index (χ2n) is 6.51. The number of aromatic amines is 1. The van der Waals surface area contributed by atoms with Crippen molar-refractivity contribution >= 4 is 34.1 Å². The smallest absolute Gasteiger partial charge is 0.228 e. The molecule has 0 aliphatic heterocycles. The molecule has 5 nitrogen and oxygen atoms in total. The standard InChI is InChI=1S/C21H19ClN4O/c1-13-18(14(2)26(25-13)16-8-6-15(22)7-9-16)12-21(27)24-20-5-3-4-19-17(20)10-11-23-19/h3-11,23H,12H2,1-2H3,(H,24,27). The lowest BCUT2D eigenvalue weighted by atomic mass is 10.1. The van der Waals surface area contributed by atoms with Gasteiger partial charge >= 0.3 is 0 Å². The Morgan fingerprint density at radius 2 is 1.93 bits per heavy atom. The van der Waals surface area contributed by atoms with Crippen LogP contribution in [-0.4, -0.2) is 20.7 Å². The van der Waals surface area contributed by atoms with E-state index in [0.29, 0.717) is 5.02 Å². The van der Waals surface area contributed by atoms with Gasteiger partial charge in [0.05, 0.1) is 23.5 Å². The first-order valence-corrected chi connectivity index (χ1v) is 9.08. The van der Waals surface area contributed by atoms with Crippen molar-refractivity contribution < 1.29 is 4.79 Å². The van der Waals surface area contributed by atoms with E-state index < -0.39 is 0 Å². The molecule has 1 amide bonds. The largest absolute Gasteiger partial charge is 0.361 e. The zero-order chi connectivity index (χ0) is 19.0. The molecule has 4 rings (SSSR count). The van der Waals surface area contributed by atoms with Crippen molar-refractivity contribution in [3.63, 3.8) is 0 Å². The lowest BCUT2D eigenvalue weighted by Gasteiger charge is -2.08. The van der Waals surface area contributed by atoms with E-state index in [1.165, 1.54) is 0 Å². The highest BCUT2D eigenvalue weighted by Crippen LogP contribution is 2.24. The highest BCUT2D eigenvalue weighted by Gasteiger charge is 2.16. The summed E-state index contributed by atoms with van der Waals surface area (Å²) in [5.74, 6) is -0.0643. The first kappa shape index (κ1) is 17.4. The van der Waals surface area contributed by atoms with Crippen LogP contribution in [-0.2, 0) is 11.2 Å². The van der Waals surface area contributed by atoms with E-state index in [4.69, 9.17) is 11.6 Å². The minimum atomic E-state index is -0.0643. The first-order chi connectivity index (χ1) is 13.0. The Morgan fingerprint density at radius 3 is 2.70 bits per heavy atom. The maximum absolute atomic E-state index is 12.7. The summed E-state index contributed by atoms with van der Waals surface area (Å²) < 4.78 is 1.85. The van der Waals surface area contributed by atoms with Crippen molar-refractivity contribution in [1.82, 2.24) is 14.8 Å². The number of aromatic nitrogens is 3. The predicted molar refractivity (Wildman–Crippen MR) is 109 cm³/mol. The molecule has 0 unspecified atom stereocenters. The third-order valence-electron chi connectivity index (χ3n) is 4.72. The summed E-state index contributed by atoms with van der Waals surface area (Å²) in [5.41, 5.74) is 5.45. The molecule has 0 atom stereocenters. The molecule has 2 aromatic heterocycles. The van der Waals surface area contributed by atoms with Crippen molar-refractivity contribution in [3.05, 3.63) is 76.7 Å². The monoisotopic (exact) mass is 378 g/mol. The van der Waals surface area contributed by atoms with Gasteiger partial charge in [-0.15, -0.1) is 0 Å². The SMILES string of the molecule is Cc1nn(-c2ccc(Cl)cc2)c(C)c1CC(=O)Nc1cccc2[nH]ccc12. The number of H-pyrrole nitrogens is 1. The van der Waals surface area contributed by atoms with E-state index in [-0.39, 0.29) is 12.3 Å². The fraction of sp³-hybridized carbons (Fsp3) is 0.143. The van der Waals surface area contributed by atoms with Gasteiger partial charge in [0.2, 0.25) is 5.91 Å². The van der Waals surface area contributed by atoms with Gasteiger partial charge in [-0.25, -0.2) is 4.68 Å². The van der Waals surface area contributed by atoms with E-state index in [0.717, 1.165) is 39.2 Å². The summed E-state index contributed by atoms with van der Waals surface area (Å²) in [6.07, 6.45) is 2.14. The van der Waals surface area contributed by atoms with Crippen LogP contribution in [0, 0.1) is 13.8 Å². The molecule has 0 saturated carbocycles. The van der Waals surface area contributed by atoms with Gasteiger partial charge in [-0.3, -0.25) is 4.79 Å². The van der Waals surface area contributed by atoms with E-state index in [9.17, 15) is 4.79 Å². The lowest BCUT2D eigenvalue weighted by Crippen LogP contribution is -2.15. The number of fused-ring (bicyclic) bond motifs is 1.